The lowest BCUT2D eigenvalue weighted by molar-refractivity contribution is -0.130. The van der Waals surface area contributed by atoms with Crippen molar-refractivity contribution in [2.24, 2.45) is 0 Å². The fourth-order valence-electron chi connectivity index (χ4n) is 4.67. The first-order chi connectivity index (χ1) is 12.6. The third-order valence-electron chi connectivity index (χ3n) is 6.29. The molecule has 1 saturated carbocycles. The van der Waals surface area contributed by atoms with Gasteiger partial charge in [-0.15, -0.1) is 0 Å². The fraction of sp³-hybridized carbons (Fsp3) is 0.789. The predicted octanol–water partition coefficient (Wildman–Crippen LogP) is 2.44. The molecular formula is C19H28N4O3. The molecule has 2 saturated heterocycles. The van der Waals surface area contributed by atoms with E-state index in [-0.39, 0.29) is 23.7 Å². The van der Waals surface area contributed by atoms with Crippen LogP contribution in [-0.4, -0.2) is 57.4 Å². The van der Waals surface area contributed by atoms with E-state index in [1.165, 1.54) is 19.3 Å². The summed E-state index contributed by atoms with van der Waals surface area (Å²) in [6.45, 7) is 3.83. The molecule has 3 fully saturated rings. The minimum atomic E-state index is 0.0548. The summed E-state index contributed by atoms with van der Waals surface area (Å²) in [5, 5.41) is 4.20. The van der Waals surface area contributed by atoms with Gasteiger partial charge in [0.25, 0.3) is 0 Å². The van der Waals surface area contributed by atoms with Crippen LogP contribution < -0.4 is 0 Å². The number of carbonyl (C=O) groups excluding carboxylic acids is 2. The van der Waals surface area contributed by atoms with Gasteiger partial charge in [0.2, 0.25) is 17.7 Å². The smallest absolute Gasteiger partial charge is 0.229 e. The van der Waals surface area contributed by atoms with Crippen molar-refractivity contribution < 1.29 is 14.1 Å². The first-order valence-electron chi connectivity index (χ1n) is 10.0. The van der Waals surface area contributed by atoms with Crippen molar-refractivity contribution in [3.63, 3.8) is 0 Å². The molecule has 4 rings (SSSR count). The number of likely N-dealkylation sites (tertiary alicyclic amines) is 2. The topological polar surface area (TPSA) is 79.5 Å². The van der Waals surface area contributed by atoms with Gasteiger partial charge >= 0.3 is 0 Å². The van der Waals surface area contributed by atoms with Crippen molar-refractivity contribution in [2.75, 3.05) is 19.6 Å². The number of piperidine rings is 1. The largest absolute Gasteiger partial charge is 0.343 e. The normalized spacial score (nSPS) is 25.9. The van der Waals surface area contributed by atoms with Crippen LogP contribution in [0.3, 0.4) is 0 Å². The molecule has 3 heterocycles. The van der Waals surface area contributed by atoms with Crippen LogP contribution in [0, 0.1) is 0 Å². The minimum Gasteiger partial charge on any atom is -0.343 e. The molecule has 1 atom stereocenters. The standard InChI is InChI=1S/C19H28N4O3/c1-13(24)22-9-7-14(8-10-22)19-20-18(21-26-19)15-11-17(25)23(12-15)16-5-3-2-4-6-16/h14-16H,2-12H2,1H3. The zero-order chi connectivity index (χ0) is 18.1. The van der Waals surface area contributed by atoms with Gasteiger partial charge in [-0.05, 0) is 25.7 Å². The van der Waals surface area contributed by atoms with Gasteiger partial charge in [-0.2, -0.15) is 4.98 Å². The van der Waals surface area contributed by atoms with Crippen LogP contribution in [0.25, 0.3) is 0 Å². The number of hydrogen-bond donors (Lipinski definition) is 0. The highest BCUT2D eigenvalue weighted by molar-refractivity contribution is 5.80. The molecule has 1 unspecified atom stereocenters. The molecule has 26 heavy (non-hydrogen) atoms. The summed E-state index contributed by atoms with van der Waals surface area (Å²) in [4.78, 5) is 32.5. The van der Waals surface area contributed by atoms with Gasteiger partial charge in [-0.1, -0.05) is 24.4 Å². The van der Waals surface area contributed by atoms with Crippen molar-refractivity contribution >= 4 is 11.8 Å². The van der Waals surface area contributed by atoms with Crippen LogP contribution in [0.5, 0.6) is 0 Å². The van der Waals surface area contributed by atoms with Crippen molar-refractivity contribution in [2.45, 2.75) is 76.2 Å². The summed E-state index contributed by atoms with van der Waals surface area (Å²) in [7, 11) is 0. The summed E-state index contributed by atoms with van der Waals surface area (Å²) in [6, 6.07) is 0.406. The zero-order valence-corrected chi connectivity index (χ0v) is 15.5. The van der Waals surface area contributed by atoms with Crippen molar-refractivity contribution in [3.8, 4) is 0 Å². The molecule has 0 aromatic carbocycles. The van der Waals surface area contributed by atoms with E-state index in [9.17, 15) is 9.59 Å². The molecule has 1 aliphatic carbocycles. The molecule has 142 valence electrons. The van der Waals surface area contributed by atoms with Gasteiger partial charge in [-0.25, -0.2) is 0 Å². The monoisotopic (exact) mass is 360 g/mol. The molecule has 7 heteroatoms. The lowest BCUT2D eigenvalue weighted by atomic mass is 9.94. The van der Waals surface area contributed by atoms with Crippen LogP contribution in [0.15, 0.2) is 4.52 Å². The number of amides is 2. The summed E-state index contributed by atoms with van der Waals surface area (Å²) in [6.07, 6.45) is 8.22. The first kappa shape index (κ1) is 17.5. The quantitative estimate of drug-likeness (QED) is 0.827. The Kier molecular flexibility index (Phi) is 4.96. The molecule has 3 aliphatic rings. The lowest BCUT2D eigenvalue weighted by Crippen LogP contribution is -2.37. The molecule has 0 spiro atoms. The number of nitrogens with zero attached hydrogens (tertiary/aromatic N) is 4. The summed E-state index contributed by atoms with van der Waals surface area (Å²) >= 11 is 0. The van der Waals surface area contributed by atoms with Gasteiger partial charge in [0, 0.05) is 50.9 Å². The number of rotatable bonds is 3. The Morgan fingerprint density at radius 1 is 1.08 bits per heavy atom. The number of carbonyl (C=O) groups is 2. The highest BCUT2D eigenvalue weighted by Gasteiger charge is 2.38. The Morgan fingerprint density at radius 2 is 1.81 bits per heavy atom. The van der Waals surface area contributed by atoms with Gasteiger partial charge in [-0.3, -0.25) is 9.59 Å². The van der Waals surface area contributed by atoms with E-state index in [4.69, 9.17) is 4.52 Å². The van der Waals surface area contributed by atoms with E-state index in [1.54, 1.807) is 6.92 Å². The van der Waals surface area contributed by atoms with Gasteiger partial charge in [0.15, 0.2) is 5.82 Å². The van der Waals surface area contributed by atoms with Crippen LogP contribution >= 0.6 is 0 Å². The van der Waals surface area contributed by atoms with E-state index in [2.05, 4.69) is 15.0 Å². The van der Waals surface area contributed by atoms with E-state index in [0.29, 0.717) is 24.2 Å². The third-order valence-corrected chi connectivity index (χ3v) is 6.29. The van der Waals surface area contributed by atoms with Crippen molar-refractivity contribution in [1.82, 2.24) is 19.9 Å². The molecule has 2 aliphatic heterocycles. The maximum Gasteiger partial charge on any atom is 0.229 e. The summed E-state index contributed by atoms with van der Waals surface area (Å²) in [5.41, 5.74) is 0. The second-order valence-electron chi connectivity index (χ2n) is 8.01. The average Bonchev–Trinajstić information content (AvgIpc) is 3.29. The van der Waals surface area contributed by atoms with Crippen molar-refractivity contribution in [3.05, 3.63) is 11.7 Å². The van der Waals surface area contributed by atoms with E-state index >= 15 is 0 Å². The van der Waals surface area contributed by atoms with Crippen molar-refractivity contribution in [1.29, 1.82) is 0 Å². The van der Waals surface area contributed by atoms with E-state index < -0.39 is 0 Å². The lowest BCUT2D eigenvalue weighted by Gasteiger charge is -2.31. The van der Waals surface area contributed by atoms with E-state index in [0.717, 1.165) is 45.3 Å². The minimum absolute atomic E-state index is 0.0548. The SMILES string of the molecule is CC(=O)N1CCC(c2nc(C3CC(=O)N(C4CCCCC4)C3)no2)CC1. The fourth-order valence-corrected chi connectivity index (χ4v) is 4.67. The van der Waals surface area contributed by atoms with Crippen LogP contribution in [0.1, 0.15) is 81.8 Å². The molecular weight excluding hydrogens is 332 g/mol. The third kappa shape index (κ3) is 3.48. The van der Waals surface area contributed by atoms with Gasteiger partial charge < -0.3 is 14.3 Å². The Balaban J connectivity index is 1.37. The Labute approximate surface area is 154 Å². The summed E-state index contributed by atoms with van der Waals surface area (Å²) in [5.74, 6) is 2.00. The predicted molar refractivity (Wildman–Crippen MR) is 94.5 cm³/mol. The molecule has 1 aromatic rings. The maximum absolute atomic E-state index is 12.5. The van der Waals surface area contributed by atoms with Gasteiger partial charge in [0.1, 0.15) is 0 Å². The van der Waals surface area contributed by atoms with Crippen LogP contribution in [-0.2, 0) is 9.59 Å². The highest BCUT2D eigenvalue weighted by Crippen LogP contribution is 2.34. The van der Waals surface area contributed by atoms with Crippen LogP contribution in [0.2, 0.25) is 0 Å². The Morgan fingerprint density at radius 3 is 2.50 bits per heavy atom. The molecule has 2 amide bonds. The number of hydrogen-bond acceptors (Lipinski definition) is 5. The maximum atomic E-state index is 12.5. The van der Waals surface area contributed by atoms with E-state index in [1.807, 2.05) is 4.90 Å². The molecule has 7 nitrogen and oxygen atoms in total. The first-order valence-corrected chi connectivity index (χ1v) is 10.0. The molecule has 0 bridgehead atoms. The molecule has 1 aromatic heterocycles. The van der Waals surface area contributed by atoms with Crippen LogP contribution in [0.4, 0.5) is 0 Å². The van der Waals surface area contributed by atoms with Gasteiger partial charge in [0.05, 0.1) is 0 Å². The second kappa shape index (κ2) is 7.37. The average molecular weight is 360 g/mol. The second-order valence-corrected chi connectivity index (χ2v) is 8.01. The highest BCUT2D eigenvalue weighted by atomic mass is 16.5. The molecule has 0 N–H and O–H groups in total. The summed E-state index contributed by atoms with van der Waals surface area (Å²) < 4.78 is 5.53. The Bertz CT molecular complexity index is 659. The number of aromatic nitrogens is 2. The zero-order valence-electron chi connectivity index (χ0n) is 15.5. The Hall–Kier alpha value is -1.92. The molecule has 0 radical (unpaired) electrons.